The molecule has 3 amide bonds. The van der Waals surface area contributed by atoms with Gasteiger partial charge in [-0.25, -0.2) is 4.39 Å². The van der Waals surface area contributed by atoms with Crippen LogP contribution in [0, 0.1) is 5.82 Å². The van der Waals surface area contributed by atoms with Crippen LogP contribution in [0.3, 0.4) is 0 Å². The molecular formula is C27H26FN3O4. The molecule has 1 aliphatic heterocycles. The number of ether oxygens (including phenoxy) is 1. The van der Waals surface area contributed by atoms with E-state index in [0.29, 0.717) is 48.7 Å². The molecule has 1 saturated heterocycles. The van der Waals surface area contributed by atoms with Gasteiger partial charge in [0.25, 0.3) is 11.8 Å². The van der Waals surface area contributed by atoms with Crippen LogP contribution >= 0.6 is 0 Å². The minimum Gasteiger partial charge on any atom is -0.497 e. The maximum absolute atomic E-state index is 13.2. The van der Waals surface area contributed by atoms with Crippen molar-refractivity contribution < 1.29 is 23.5 Å². The lowest BCUT2D eigenvalue weighted by molar-refractivity contribution is -0.131. The van der Waals surface area contributed by atoms with Gasteiger partial charge in [-0.1, -0.05) is 24.3 Å². The zero-order chi connectivity index (χ0) is 24.8. The highest BCUT2D eigenvalue weighted by molar-refractivity contribution is 6.09. The van der Waals surface area contributed by atoms with Crippen LogP contribution in [0.5, 0.6) is 5.75 Å². The van der Waals surface area contributed by atoms with Crippen molar-refractivity contribution in [1.82, 2.24) is 9.80 Å². The lowest BCUT2D eigenvalue weighted by Crippen LogP contribution is -2.51. The number of hydrogen-bond donors (Lipinski definition) is 1. The van der Waals surface area contributed by atoms with E-state index < -0.39 is 0 Å². The van der Waals surface area contributed by atoms with Gasteiger partial charge in [-0.05, 0) is 54.1 Å². The number of carbonyl (C=O) groups is 3. The summed E-state index contributed by atoms with van der Waals surface area (Å²) in [5.41, 5.74) is 2.01. The first-order valence-electron chi connectivity index (χ1n) is 11.3. The summed E-state index contributed by atoms with van der Waals surface area (Å²) in [4.78, 5) is 42.0. The summed E-state index contributed by atoms with van der Waals surface area (Å²) in [7, 11) is 1.55. The summed E-state index contributed by atoms with van der Waals surface area (Å²) in [6, 6.07) is 19.5. The highest BCUT2D eigenvalue weighted by atomic mass is 19.1. The lowest BCUT2D eigenvalue weighted by Gasteiger charge is -2.35. The van der Waals surface area contributed by atoms with E-state index in [1.54, 1.807) is 77.6 Å². The van der Waals surface area contributed by atoms with Gasteiger partial charge in [0.15, 0.2) is 0 Å². The van der Waals surface area contributed by atoms with Gasteiger partial charge in [0, 0.05) is 31.7 Å². The number of para-hydroxylation sites is 1. The summed E-state index contributed by atoms with van der Waals surface area (Å²) < 4.78 is 18.2. The molecule has 7 nitrogen and oxygen atoms in total. The quantitative estimate of drug-likeness (QED) is 0.591. The third-order valence-electron chi connectivity index (χ3n) is 5.95. The molecule has 0 unspecified atom stereocenters. The molecule has 0 aliphatic carbocycles. The van der Waals surface area contributed by atoms with Crippen molar-refractivity contribution in [1.29, 1.82) is 0 Å². The van der Waals surface area contributed by atoms with E-state index in [4.69, 9.17) is 4.74 Å². The van der Waals surface area contributed by atoms with E-state index in [-0.39, 0.29) is 30.0 Å². The summed E-state index contributed by atoms with van der Waals surface area (Å²) in [6.45, 7) is 1.59. The number of nitrogens with one attached hydrogen (secondary N) is 1. The summed E-state index contributed by atoms with van der Waals surface area (Å²) in [5.74, 6) is -0.289. The number of benzene rings is 3. The third kappa shape index (κ3) is 5.84. The second-order valence-corrected chi connectivity index (χ2v) is 8.20. The number of amides is 3. The molecule has 0 saturated carbocycles. The molecule has 0 bridgehead atoms. The van der Waals surface area contributed by atoms with Gasteiger partial charge in [0.2, 0.25) is 5.91 Å². The number of methoxy groups -OCH3 is 1. The van der Waals surface area contributed by atoms with Gasteiger partial charge >= 0.3 is 0 Å². The fourth-order valence-corrected chi connectivity index (χ4v) is 3.93. The molecule has 4 rings (SSSR count). The van der Waals surface area contributed by atoms with Crippen LogP contribution in [-0.4, -0.2) is 60.8 Å². The van der Waals surface area contributed by atoms with E-state index in [1.165, 1.54) is 12.1 Å². The zero-order valence-corrected chi connectivity index (χ0v) is 19.4. The SMILES string of the molecule is COc1ccc(C(=O)Nc2ccccc2C(=O)N2CCN(C(=O)Cc3ccc(F)cc3)CC2)cc1. The molecule has 35 heavy (non-hydrogen) atoms. The fourth-order valence-electron chi connectivity index (χ4n) is 3.93. The first-order chi connectivity index (χ1) is 16.9. The Hall–Kier alpha value is -4.20. The molecule has 1 N–H and O–H groups in total. The average molecular weight is 476 g/mol. The van der Waals surface area contributed by atoms with Gasteiger partial charge in [-0.2, -0.15) is 0 Å². The third-order valence-corrected chi connectivity index (χ3v) is 5.95. The van der Waals surface area contributed by atoms with Gasteiger partial charge < -0.3 is 19.9 Å². The number of rotatable bonds is 6. The Morgan fingerprint density at radius 2 is 1.49 bits per heavy atom. The molecular weight excluding hydrogens is 449 g/mol. The molecule has 0 radical (unpaired) electrons. The Bertz CT molecular complexity index is 1200. The van der Waals surface area contributed by atoms with Crippen LogP contribution in [0.4, 0.5) is 10.1 Å². The van der Waals surface area contributed by atoms with E-state index in [9.17, 15) is 18.8 Å². The van der Waals surface area contributed by atoms with E-state index in [1.807, 2.05) is 0 Å². The highest BCUT2D eigenvalue weighted by Gasteiger charge is 2.26. The first-order valence-corrected chi connectivity index (χ1v) is 11.3. The van der Waals surface area contributed by atoms with E-state index >= 15 is 0 Å². The maximum atomic E-state index is 13.2. The standard InChI is InChI=1S/C27H26FN3O4/c1-35-22-12-8-20(9-13-22)26(33)29-24-5-3-2-4-23(24)27(34)31-16-14-30(15-17-31)25(32)18-19-6-10-21(28)11-7-19/h2-13H,14-18H2,1H3,(H,29,33). The molecule has 0 aromatic heterocycles. The predicted octanol–water partition coefficient (Wildman–Crippen LogP) is 3.61. The topological polar surface area (TPSA) is 79.0 Å². The van der Waals surface area contributed by atoms with Gasteiger partial charge in [-0.15, -0.1) is 0 Å². The van der Waals surface area contributed by atoms with Crippen molar-refractivity contribution in [2.24, 2.45) is 0 Å². The number of anilines is 1. The van der Waals surface area contributed by atoms with E-state index in [2.05, 4.69) is 5.32 Å². The fraction of sp³-hybridized carbons (Fsp3) is 0.222. The Labute approximate surface area is 203 Å². The van der Waals surface area contributed by atoms with Crippen LogP contribution in [0.1, 0.15) is 26.3 Å². The molecule has 8 heteroatoms. The number of piperazine rings is 1. The van der Waals surface area contributed by atoms with E-state index in [0.717, 1.165) is 5.56 Å². The van der Waals surface area contributed by atoms with Crippen molar-refractivity contribution in [3.63, 3.8) is 0 Å². The van der Waals surface area contributed by atoms with Crippen LogP contribution < -0.4 is 10.1 Å². The summed E-state index contributed by atoms with van der Waals surface area (Å²) in [5, 5.41) is 2.82. The molecule has 1 fully saturated rings. The van der Waals surface area contributed by atoms with Crippen molar-refractivity contribution in [2.75, 3.05) is 38.6 Å². The minimum absolute atomic E-state index is 0.0594. The molecule has 0 spiro atoms. The molecule has 3 aromatic carbocycles. The highest BCUT2D eigenvalue weighted by Crippen LogP contribution is 2.20. The Morgan fingerprint density at radius 1 is 0.857 bits per heavy atom. The van der Waals surface area contributed by atoms with Crippen LogP contribution in [0.25, 0.3) is 0 Å². The molecule has 1 heterocycles. The van der Waals surface area contributed by atoms with Gasteiger partial charge in [-0.3, -0.25) is 14.4 Å². The second kappa shape index (κ2) is 10.8. The monoisotopic (exact) mass is 475 g/mol. The van der Waals surface area contributed by atoms with Crippen LogP contribution in [-0.2, 0) is 11.2 Å². The average Bonchev–Trinajstić information content (AvgIpc) is 2.90. The number of hydrogen-bond acceptors (Lipinski definition) is 4. The smallest absolute Gasteiger partial charge is 0.256 e. The normalized spacial score (nSPS) is 13.3. The molecule has 1 aliphatic rings. The molecule has 0 atom stereocenters. The Morgan fingerprint density at radius 3 is 2.14 bits per heavy atom. The Kier molecular flexibility index (Phi) is 7.40. The van der Waals surface area contributed by atoms with Gasteiger partial charge in [0.1, 0.15) is 11.6 Å². The summed E-state index contributed by atoms with van der Waals surface area (Å²) >= 11 is 0. The molecule has 180 valence electrons. The zero-order valence-electron chi connectivity index (χ0n) is 19.4. The van der Waals surface area contributed by atoms with Crippen LogP contribution in [0.15, 0.2) is 72.8 Å². The Balaban J connectivity index is 1.37. The second-order valence-electron chi connectivity index (χ2n) is 8.20. The van der Waals surface area contributed by atoms with Crippen molar-refractivity contribution in [2.45, 2.75) is 6.42 Å². The predicted molar refractivity (Wildman–Crippen MR) is 130 cm³/mol. The maximum Gasteiger partial charge on any atom is 0.256 e. The first kappa shape index (κ1) is 23.9. The van der Waals surface area contributed by atoms with Crippen molar-refractivity contribution in [3.8, 4) is 5.75 Å². The number of nitrogens with zero attached hydrogens (tertiary/aromatic N) is 2. The number of halogens is 1. The van der Waals surface area contributed by atoms with Crippen LogP contribution in [0.2, 0.25) is 0 Å². The van der Waals surface area contributed by atoms with Gasteiger partial charge in [0.05, 0.1) is 24.8 Å². The van der Waals surface area contributed by atoms with Crippen molar-refractivity contribution >= 4 is 23.4 Å². The van der Waals surface area contributed by atoms with Crippen molar-refractivity contribution in [3.05, 3.63) is 95.3 Å². The number of carbonyl (C=O) groups excluding carboxylic acids is 3. The molecule has 3 aromatic rings. The minimum atomic E-state index is -0.339. The summed E-state index contributed by atoms with van der Waals surface area (Å²) in [6.07, 6.45) is 0.189. The lowest BCUT2D eigenvalue weighted by atomic mass is 10.1. The largest absolute Gasteiger partial charge is 0.497 e.